The summed E-state index contributed by atoms with van der Waals surface area (Å²) in [6.45, 7) is 1.07. The monoisotopic (exact) mass is 491 g/mol. The van der Waals surface area contributed by atoms with Crippen molar-refractivity contribution in [2.75, 3.05) is 6.54 Å². The summed E-state index contributed by atoms with van der Waals surface area (Å²) in [5, 5.41) is 0. The van der Waals surface area contributed by atoms with Crippen LogP contribution in [-0.4, -0.2) is 38.8 Å². The van der Waals surface area contributed by atoms with E-state index >= 15 is 0 Å². The summed E-state index contributed by atoms with van der Waals surface area (Å²) in [6.07, 6.45) is 3.86. The molecule has 1 saturated carbocycles. The molecule has 37 heavy (non-hydrogen) atoms. The van der Waals surface area contributed by atoms with E-state index in [-0.39, 0.29) is 24.4 Å². The molecule has 1 aliphatic rings. The summed E-state index contributed by atoms with van der Waals surface area (Å²) in [6, 6.07) is 34.0. The normalized spacial score (nSPS) is 12.9. The van der Waals surface area contributed by atoms with E-state index in [1.165, 1.54) is 0 Å². The minimum absolute atomic E-state index is 0.00761. The molecule has 0 spiro atoms. The van der Waals surface area contributed by atoms with Crippen LogP contribution in [0.1, 0.15) is 41.1 Å². The van der Waals surface area contributed by atoms with Gasteiger partial charge in [0.15, 0.2) is 0 Å². The van der Waals surface area contributed by atoms with Crippen LogP contribution < -0.4 is 0 Å². The molecule has 1 heterocycles. The lowest BCUT2D eigenvalue weighted by Crippen LogP contribution is -2.45. The summed E-state index contributed by atoms with van der Waals surface area (Å²) in [5.41, 5.74) is 4.02. The van der Waals surface area contributed by atoms with E-state index < -0.39 is 5.92 Å². The average Bonchev–Trinajstić information content (AvgIpc) is 3.70. The molecule has 5 rings (SSSR count). The van der Waals surface area contributed by atoms with Gasteiger partial charge in [0.05, 0.1) is 12.5 Å². The summed E-state index contributed by atoms with van der Waals surface area (Å²) in [7, 11) is 1.99. The van der Waals surface area contributed by atoms with Gasteiger partial charge in [-0.05, 0) is 41.7 Å². The Kier molecular flexibility index (Phi) is 7.50. The molecular weight excluding hydrogens is 458 g/mol. The van der Waals surface area contributed by atoms with E-state index in [0.29, 0.717) is 13.1 Å². The highest BCUT2D eigenvalue weighted by Gasteiger charge is 2.38. The van der Waals surface area contributed by atoms with Gasteiger partial charge in [-0.2, -0.15) is 0 Å². The molecule has 0 atom stereocenters. The first-order valence-electron chi connectivity index (χ1n) is 12.9. The highest BCUT2D eigenvalue weighted by molar-refractivity contribution is 5.91. The van der Waals surface area contributed by atoms with Crippen LogP contribution in [0.4, 0.5) is 0 Å². The van der Waals surface area contributed by atoms with Crippen molar-refractivity contribution in [2.45, 2.75) is 37.9 Å². The van der Waals surface area contributed by atoms with Gasteiger partial charge >= 0.3 is 0 Å². The summed E-state index contributed by atoms with van der Waals surface area (Å²) in [4.78, 5) is 31.7. The molecule has 2 amide bonds. The number of aryl methyl sites for hydroxylation is 1. The molecule has 5 nitrogen and oxygen atoms in total. The molecule has 0 saturated heterocycles. The van der Waals surface area contributed by atoms with Gasteiger partial charge in [0, 0.05) is 31.5 Å². The summed E-state index contributed by atoms with van der Waals surface area (Å²) < 4.78 is 2.04. The first kappa shape index (κ1) is 24.6. The van der Waals surface area contributed by atoms with Gasteiger partial charge in [-0.3, -0.25) is 9.59 Å². The minimum atomic E-state index is -0.439. The van der Waals surface area contributed by atoms with Crippen molar-refractivity contribution in [2.24, 2.45) is 7.05 Å². The van der Waals surface area contributed by atoms with E-state index in [2.05, 4.69) is 0 Å². The van der Waals surface area contributed by atoms with Crippen molar-refractivity contribution in [3.8, 4) is 0 Å². The van der Waals surface area contributed by atoms with E-state index in [9.17, 15) is 9.59 Å². The largest absolute Gasteiger partial charge is 0.353 e. The number of carbonyl (C=O) groups is 2. The molecule has 0 aliphatic heterocycles. The van der Waals surface area contributed by atoms with E-state index in [1.807, 2.05) is 131 Å². The van der Waals surface area contributed by atoms with Crippen LogP contribution in [0.2, 0.25) is 0 Å². The smallest absolute Gasteiger partial charge is 0.242 e. The van der Waals surface area contributed by atoms with Crippen molar-refractivity contribution in [3.05, 3.63) is 132 Å². The van der Waals surface area contributed by atoms with Crippen LogP contribution in [-0.2, 0) is 29.7 Å². The molecule has 4 aromatic rings. The fraction of sp³-hybridized carbons (Fsp3) is 0.250. The van der Waals surface area contributed by atoms with Gasteiger partial charge in [-0.25, -0.2) is 0 Å². The van der Waals surface area contributed by atoms with Gasteiger partial charge in [-0.15, -0.1) is 0 Å². The highest BCUT2D eigenvalue weighted by Crippen LogP contribution is 2.33. The Balaban J connectivity index is 1.42. The van der Waals surface area contributed by atoms with Crippen molar-refractivity contribution in [1.29, 1.82) is 0 Å². The molecule has 1 fully saturated rings. The molecule has 1 aromatic heterocycles. The topological polar surface area (TPSA) is 45.6 Å². The zero-order chi connectivity index (χ0) is 25.6. The van der Waals surface area contributed by atoms with E-state index in [0.717, 1.165) is 35.2 Å². The van der Waals surface area contributed by atoms with E-state index in [4.69, 9.17) is 0 Å². The average molecular weight is 492 g/mol. The quantitative estimate of drug-likeness (QED) is 0.299. The standard InChI is InChI=1S/C32H33N3O2/c1-33-21-11-18-29(33)23-34(22-25-12-5-2-6-13-25)30(36)24-35(28-19-20-28)32(37)31(26-14-7-3-8-15-26)27-16-9-4-10-17-27/h2-18,21,28,31H,19-20,22-24H2,1H3. The van der Waals surface area contributed by atoms with Crippen LogP contribution in [0, 0.1) is 0 Å². The molecule has 3 aromatic carbocycles. The lowest BCUT2D eigenvalue weighted by atomic mass is 9.90. The maximum absolute atomic E-state index is 14.2. The van der Waals surface area contributed by atoms with Gasteiger partial charge < -0.3 is 14.4 Å². The van der Waals surface area contributed by atoms with Crippen LogP contribution in [0.3, 0.4) is 0 Å². The van der Waals surface area contributed by atoms with Crippen molar-refractivity contribution in [3.63, 3.8) is 0 Å². The van der Waals surface area contributed by atoms with Crippen molar-refractivity contribution in [1.82, 2.24) is 14.4 Å². The summed E-state index contributed by atoms with van der Waals surface area (Å²) >= 11 is 0. The number of aromatic nitrogens is 1. The Morgan fingerprint density at radius 3 is 1.86 bits per heavy atom. The predicted molar refractivity (Wildman–Crippen MR) is 146 cm³/mol. The number of hydrogen-bond donors (Lipinski definition) is 0. The second-order valence-electron chi connectivity index (χ2n) is 9.80. The number of carbonyl (C=O) groups excluding carboxylic acids is 2. The molecular formula is C32H33N3O2. The maximum atomic E-state index is 14.2. The van der Waals surface area contributed by atoms with Crippen LogP contribution in [0.5, 0.6) is 0 Å². The number of rotatable bonds is 10. The third-order valence-corrected chi connectivity index (χ3v) is 7.06. The third kappa shape index (κ3) is 6.00. The SMILES string of the molecule is Cn1cccc1CN(Cc1ccccc1)C(=O)CN(C(=O)C(c1ccccc1)c1ccccc1)C1CC1. The lowest BCUT2D eigenvalue weighted by molar-refractivity contribution is -0.142. The number of benzene rings is 3. The molecule has 0 radical (unpaired) electrons. The Hall–Kier alpha value is -4.12. The lowest BCUT2D eigenvalue weighted by Gasteiger charge is -2.31. The molecule has 1 aliphatic carbocycles. The molecule has 0 N–H and O–H groups in total. The number of nitrogens with zero attached hydrogens (tertiary/aromatic N) is 3. The zero-order valence-electron chi connectivity index (χ0n) is 21.2. The zero-order valence-corrected chi connectivity index (χ0v) is 21.2. The summed E-state index contributed by atoms with van der Waals surface area (Å²) in [5.74, 6) is -0.483. The van der Waals surface area contributed by atoms with E-state index in [1.54, 1.807) is 0 Å². The minimum Gasteiger partial charge on any atom is -0.353 e. The van der Waals surface area contributed by atoms with Crippen LogP contribution >= 0.6 is 0 Å². The Bertz CT molecular complexity index is 1270. The van der Waals surface area contributed by atoms with Gasteiger partial charge in [0.25, 0.3) is 0 Å². The Morgan fingerprint density at radius 2 is 1.35 bits per heavy atom. The molecule has 5 heteroatoms. The Morgan fingerprint density at radius 1 is 0.784 bits per heavy atom. The maximum Gasteiger partial charge on any atom is 0.242 e. The third-order valence-electron chi connectivity index (χ3n) is 7.06. The number of amides is 2. The van der Waals surface area contributed by atoms with Crippen molar-refractivity contribution < 1.29 is 9.59 Å². The molecule has 0 bridgehead atoms. The predicted octanol–water partition coefficient (Wildman–Crippen LogP) is 5.38. The highest BCUT2D eigenvalue weighted by atomic mass is 16.2. The van der Waals surface area contributed by atoms with Crippen molar-refractivity contribution >= 4 is 11.8 Å². The van der Waals surface area contributed by atoms with Crippen LogP contribution in [0.15, 0.2) is 109 Å². The Labute approximate surface area is 219 Å². The first-order valence-corrected chi connectivity index (χ1v) is 12.9. The molecule has 0 unspecified atom stereocenters. The van der Waals surface area contributed by atoms with Crippen LogP contribution in [0.25, 0.3) is 0 Å². The first-order chi connectivity index (χ1) is 18.1. The van der Waals surface area contributed by atoms with Gasteiger partial charge in [0.1, 0.15) is 6.54 Å². The second kappa shape index (κ2) is 11.3. The molecule has 188 valence electrons. The fourth-order valence-electron chi connectivity index (χ4n) is 4.85. The second-order valence-corrected chi connectivity index (χ2v) is 9.80. The van der Waals surface area contributed by atoms with Gasteiger partial charge in [-0.1, -0.05) is 91.0 Å². The number of hydrogen-bond acceptors (Lipinski definition) is 2. The fourth-order valence-corrected chi connectivity index (χ4v) is 4.85. The van der Waals surface area contributed by atoms with Gasteiger partial charge in [0.2, 0.25) is 11.8 Å².